The van der Waals surface area contributed by atoms with Crippen molar-refractivity contribution >= 4 is 40.7 Å². The van der Waals surface area contributed by atoms with Crippen LogP contribution in [0.1, 0.15) is 26.2 Å². The fourth-order valence-corrected chi connectivity index (χ4v) is 2.79. The van der Waals surface area contributed by atoms with E-state index in [2.05, 4.69) is 15.6 Å². The zero-order valence-corrected chi connectivity index (χ0v) is 13.6. The van der Waals surface area contributed by atoms with E-state index < -0.39 is 0 Å². The summed E-state index contributed by atoms with van der Waals surface area (Å²) in [6.07, 6.45) is 2.66. The molecule has 0 radical (unpaired) electrons. The molecule has 0 atom stereocenters. The quantitative estimate of drug-likeness (QED) is 0.840. The molecule has 116 valence electrons. The van der Waals surface area contributed by atoms with Crippen LogP contribution in [0.25, 0.3) is 0 Å². The molecule has 1 aromatic heterocycles. The Balaban J connectivity index is 1.90. The normalized spacial score (nSPS) is 14.3. The molecule has 2 N–H and O–H groups in total. The summed E-state index contributed by atoms with van der Waals surface area (Å²) in [5, 5.41) is 7.12. The van der Waals surface area contributed by atoms with E-state index in [-0.39, 0.29) is 5.91 Å². The number of rotatable bonds is 6. The summed E-state index contributed by atoms with van der Waals surface area (Å²) in [5.74, 6) is 1.32. The number of likely N-dealkylation sites (tertiary alicyclic amines) is 1. The van der Waals surface area contributed by atoms with E-state index in [1.54, 1.807) is 6.07 Å². The summed E-state index contributed by atoms with van der Waals surface area (Å²) in [6, 6.07) is 1.65. The van der Waals surface area contributed by atoms with Gasteiger partial charge in [0.2, 0.25) is 5.91 Å². The number of halogens is 2. The van der Waals surface area contributed by atoms with E-state index in [1.165, 1.54) is 0 Å². The lowest BCUT2D eigenvalue weighted by molar-refractivity contribution is -0.129. The number of carbonyl (C=O) groups is 1. The van der Waals surface area contributed by atoms with Crippen molar-refractivity contribution in [2.24, 2.45) is 0 Å². The van der Waals surface area contributed by atoms with E-state index in [9.17, 15) is 4.79 Å². The van der Waals surface area contributed by atoms with Gasteiger partial charge in [0, 0.05) is 32.6 Å². The first-order chi connectivity index (χ1) is 10.1. The summed E-state index contributed by atoms with van der Waals surface area (Å²) in [6.45, 7) is 4.96. The van der Waals surface area contributed by atoms with Gasteiger partial charge in [0.25, 0.3) is 0 Å². The van der Waals surface area contributed by atoms with Gasteiger partial charge in [0.15, 0.2) is 0 Å². The SMILES string of the molecule is CCNc1nc(NCCC(=O)N2CCCC2)c(Cl)cc1Cl. The number of amides is 1. The predicted molar refractivity (Wildman–Crippen MR) is 87.3 cm³/mol. The molecule has 1 fully saturated rings. The topological polar surface area (TPSA) is 57.3 Å². The number of pyridine rings is 1. The number of carbonyl (C=O) groups excluding carboxylic acids is 1. The van der Waals surface area contributed by atoms with Crippen LogP contribution in [-0.2, 0) is 4.79 Å². The second kappa shape index (κ2) is 7.71. The van der Waals surface area contributed by atoms with Gasteiger partial charge in [-0.05, 0) is 25.8 Å². The van der Waals surface area contributed by atoms with Crippen LogP contribution in [0.5, 0.6) is 0 Å². The molecular weight excluding hydrogens is 311 g/mol. The molecule has 7 heteroatoms. The lowest BCUT2D eigenvalue weighted by Gasteiger charge is -2.16. The Morgan fingerprint density at radius 2 is 1.86 bits per heavy atom. The molecule has 0 spiro atoms. The third-order valence-electron chi connectivity index (χ3n) is 3.36. The maximum absolute atomic E-state index is 11.9. The first-order valence-corrected chi connectivity index (χ1v) is 7.99. The van der Waals surface area contributed by atoms with E-state index >= 15 is 0 Å². The van der Waals surface area contributed by atoms with Gasteiger partial charge in [-0.2, -0.15) is 0 Å². The van der Waals surface area contributed by atoms with E-state index in [0.717, 1.165) is 32.5 Å². The van der Waals surface area contributed by atoms with Crippen molar-refractivity contribution in [1.29, 1.82) is 0 Å². The molecule has 2 rings (SSSR count). The fraction of sp³-hybridized carbons (Fsp3) is 0.571. The van der Waals surface area contributed by atoms with Crippen molar-refractivity contribution in [3.63, 3.8) is 0 Å². The number of anilines is 2. The molecule has 1 saturated heterocycles. The van der Waals surface area contributed by atoms with Crippen molar-refractivity contribution in [3.05, 3.63) is 16.1 Å². The molecule has 0 bridgehead atoms. The molecule has 0 unspecified atom stereocenters. The van der Waals surface area contributed by atoms with Crippen LogP contribution >= 0.6 is 23.2 Å². The molecule has 2 heterocycles. The van der Waals surface area contributed by atoms with Gasteiger partial charge in [-0.1, -0.05) is 23.2 Å². The van der Waals surface area contributed by atoms with Crippen LogP contribution in [0.2, 0.25) is 10.0 Å². The molecule has 0 aliphatic carbocycles. The third kappa shape index (κ3) is 4.38. The number of nitrogens with one attached hydrogen (secondary N) is 2. The fourth-order valence-electron chi connectivity index (χ4n) is 2.29. The van der Waals surface area contributed by atoms with Gasteiger partial charge >= 0.3 is 0 Å². The van der Waals surface area contributed by atoms with Crippen LogP contribution in [0.3, 0.4) is 0 Å². The van der Waals surface area contributed by atoms with Gasteiger partial charge in [0.1, 0.15) is 11.6 Å². The minimum Gasteiger partial charge on any atom is -0.369 e. The maximum atomic E-state index is 11.9. The Hall–Kier alpha value is -1.20. The van der Waals surface area contributed by atoms with Crippen LogP contribution < -0.4 is 10.6 Å². The standard InChI is InChI=1S/C14H20Cl2N4O/c1-2-17-13-10(15)9-11(16)14(19-13)18-6-5-12(21)20-7-3-4-8-20/h9H,2-8H2,1H3,(H2,17,18,19). The number of nitrogens with zero attached hydrogens (tertiary/aromatic N) is 2. The molecule has 0 saturated carbocycles. The lowest BCUT2D eigenvalue weighted by Crippen LogP contribution is -2.29. The van der Waals surface area contributed by atoms with Gasteiger partial charge in [0.05, 0.1) is 10.0 Å². The Labute approximate surface area is 135 Å². The average molecular weight is 331 g/mol. The highest BCUT2D eigenvalue weighted by atomic mass is 35.5. The minimum atomic E-state index is 0.178. The summed E-state index contributed by atoms with van der Waals surface area (Å²) in [7, 11) is 0. The Morgan fingerprint density at radius 3 is 2.48 bits per heavy atom. The lowest BCUT2D eigenvalue weighted by atomic mass is 10.3. The van der Waals surface area contributed by atoms with Gasteiger partial charge in [-0.25, -0.2) is 4.98 Å². The number of hydrogen-bond donors (Lipinski definition) is 2. The molecule has 1 aliphatic rings. The highest BCUT2D eigenvalue weighted by molar-refractivity contribution is 6.37. The summed E-state index contributed by atoms with van der Waals surface area (Å²) in [5.41, 5.74) is 0. The highest BCUT2D eigenvalue weighted by Gasteiger charge is 2.17. The molecule has 5 nitrogen and oxygen atoms in total. The van der Waals surface area contributed by atoms with Gasteiger partial charge in [-0.15, -0.1) is 0 Å². The molecule has 0 aromatic carbocycles. The van der Waals surface area contributed by atoms with Gasteiger partial charge in [-0.3, -0.25) is 4.79 Å². The van der Waals surface area contributed by atoms with Crippen LogP contribution in [0.4, 0.5) is 11.6 Å². The molecule has 1 aromatic rings. The first-order valence-electron chi connectivity index (χ1n) is 7.23. The smallest absolute Gasteiger partial charge is 0.224 e. The monoisotopic (exact) mass is 330 g/mol. The van der Waals surface area contributed by atoms with Crippen molar-refractivity contribution in [2.45, 2.75) is 26.2 Å². The molecule has 21 heavy (non-hydrogen) atoms. The highest BCUT2D eigenvalue weighted by Crippen LogP contribution is 2.29. The maximum Gasteiger partial charge on any atom is 0.224 e. The van der Waals surface area contributed by atoms with Gasteiger partial charge < -0.3 is 15.5 Å². The second-order valence-corrected chi connectivity index (χ2v) is 5.76. The summed E-state index contributed by atoms with van der Waals surface area (Å²) >= 11 is 12.2. The van der Waals surface area contributed by atoms with E-state index in [4.69, 9.17) is 23.2 Å². The predicted octanol–water partition coefficient (Wildman–Crippen LogP) is 3.24. The minimum absolute atomic E-state index is 0.178. The Bertz CT molecular complexity index is 504. The molecule has 1 amide bonds. The summed E-state index contributed by atoms with van der Waals surface area (Å²) < 4.78 is 0. The number of hydrogen-bond acceptors (Lipinski definition) is 4. The number of aromatic nitrogens is 1. The van der Waals surface area contributed by atoms with Crippen molar-refractivity contribution < 1.29 is 4.79 Å². The first kappa shape index (κ1) is 16.2. The average Bonchev–Trinajstić information content (AvgIpc) is 2.98. The Morgan fingerprint density at radius 1 is 1.24 bits per heavy atom. The van der Waals surface area contributed by atoms with Crippen LogP contribution in [0.15, 0.2) is 6.07 Å². The third-order valence-corrected chi connectivity index (χ3v) is 3.94. The molecule has 1 aliphatic heterocycles. The van der Waals surface area contributed by atoms with Crippen molar-refractivity contribution in [2.75, 3.05) is 36.8 Å². The van der Waals surface area contributed by atoms with Crippen molar-refractivity contribution in [3.8, 4) is 0 Å². The zero-order chi connectivity index (χ0) is 15.2. The second-order valence-electron chi connectivity index (χ2n) is 4.94. The largest absolute Gasteiger partial charge is 0.369 e. The Kier molecular flexibility index (Phi) is 5.94. The van der Waals surface area contributed by atoms with Crippen LogP contribution in [-0.4, -0.2) is 42.0 Å². The molecular formula is C14H20Cl2N4O. The summed E-state index contributed by atoms with van der Waals surface area (Å²) in [4.78, 5) is 18.2. The van der Waals surface area contributed by atoms with Crippen LogP contribution in [0, 0.1) is 0 Å². The van der Waals surface area contributed by atoms with Crippen molar-refractivity contribution in [1.82, 2.24) is 9.88 Å². The zero-order valence-electron chi connectivity index (χ0n) is 12.1. The van der Waals surface area contributed by atoms with E-state index in [0.29, 0.717) is 34.6 Å². The van der Waals surface area contributed by atoms with E-state index in [1.807, 2.05) is 11.8 Å².